The highest BCUT2D eigenvalue weighted by Gasteiger charge is 2.17. The molecule has 2 atom stereocenters. The first-order valence-corrected chi connectivity index (χ1v) is 7.40. The van der Waals surface area contributed by atoms with Crippen molar-refractivity contribution >= 4 is 0 Å². The minimum atomic E-state index is -0.0374. The van der Waals surface area contributed by atoms with Crippen LogP contribution in [0.1, 0.15) is 78.1 Å². The molecule has 16 heavy (non-hydrogen) atoms. The average molecular weight is 226 g/mol. The van der Waals surface area contributed by atoms with Crippen LogP contribution >= 0.6 is 0 Å². The van der Waals surface area contributed by atoms with Crippen LogP contribution in [0.5, 0.6) is 0 Å². The molecule has 1 N–H and O–H groups in total. The summed E-state index contributed by atoms with van der Waals surface area (Å²) in [5.74, 6) is 1.51. The summed E-state index contributed by atoms with van der Waals surface area (Å²) in [4.78, 5) is 0. The highest BCUT2D eigenvalue weighted by Crippen LogP contribution is 2.28. The van der Waals surface area contributed by atoms with E-state index in [0.717, 1.165) is 18.8 Å². The maximum absolute atomic E-state index is 10.1. The molecule has 1 nitrogen and oxygen atoms in total. The summed E-state index contributed by atoms with van der Waals surface area (Å²) in [7, 11) is 0. The fourth-order valence-corrected chi connectivity index (χ4v) is 3.16. The van der Waals surface area contributed by atoms with Crippen molar-refractivity contribution in [2.24, 2.45) is 11.8 Å². The first kappa shape index (κ1) is 14.0. The maximum Gasteiger partial charge on any atom is 0.0545 e. The number of aliphatic hydroxyl groups is 1. The van der Waals surface area contributed by atoms with E-state index < -0.39 is 0 Å². The lowest BCUT2D eigenvalue weighted by Crippen LogP contribution is -2.16. The largest absolute Gasteiger partial charge is 0.393 e. The maximum atomic E-state index is 10.1. The Morgan fingerprint density at radius 1 is 1.12 bits per heavy atom. The number of aliphatic hydroxyl groups excluding tert-OH is 1. The van der Waals surface area contributed by atoms with E-state index in [-0.39, 0.29) is 6.10 Å². The van der Waals surface area contributed by atoms with E-state index >= 15 is 0 Å². The van der Waals surface area contributed by atoms with Crippen LogP contribution in [0.3, 0.4) is 0 Å². The second-order valence-corrected chi connectivity index (χ2v) is 5.88. The molecule has 0 amide bonds. The molecular weight excluding hydrogens is 196 g/mol. The Hall–Kier alpha value is -0.0400. The van der Waals surface area contributed by atoms with Gasteiger partial charge in [-0.3, -0.25) is 0 Å². The van der Waals surface area contributed by atoms with Gasteiger partial charge in [-0.2, -0.15) is 0 Å². The summed E-state index contributed by atoms with van der Waals surface area (Å²) in [6, 6.07) is 0. The smallest absolute Gasteiger partial charge is 0.0545 e. The van der Waals surface area contributed by atoms with E-state index in [9.17, 15) is 5.11 Å². The Bertz CT molecular complexity index is 159. The van der Waals surface area contributed by atoms with E-state index in [4.69, 9.17) is 0 Å². The van der Waals surface area contributed by atoms with Gasteiger partial charge in [0.25, 0.3) is 0 Å². The lowest BCUT2D eigenvalue weighted by Gasteiger charge is -2.21. The van der Waals surface area contributed by atoms with Gasteiger partial charge in [-0.05, 0) is 24.7 Å². The van der Waals surface area contributed by atoms with Crippen molar-refractivity contribution in [3.63, 3.8) is 0 Å². The van der Waals surface area contributed by atoms with Crippen molar-refractivity contribution in [2.45, 2.75) is 84.2 Å². The second-order valence-electron chi connectivity index (χ2n) is 5.88. The Morgan fingerprint density at radius 3 is 2.31 bits per heavy atom. The van der Waals surface area contributed by atoms with Crippen LogP contribution in [0.2, 0.25) is 0 Å². The van der Waals surface area contributed by atoms with Crippen molar-refractivity contribution in [1.82, 2.24) is 0 Å². The van der Waals surface area contributed by atoms with Gasteiger partial charge in [-0.1, -0.05) is 65.2 Å². The van der Waals surface area contributed by atoms with Crippen molar-refractivity contribution in [1.29, 1.82) is 0 Å². The van der Waals surface area contributed by atoms with E-state index in [1.54, 1.807) is 0 Å². The van der Waals surface area contributed by atoms with E-state index in [0.29, 0.717) is 5.92 Å². The fourth-order valence-electron chi connectivity index (χ4n) is 3.16. The van der Waals surface area contributed by atoms with Gasteiger partial charge in [0.15, 0.2) is 0 Å². The zero-order chi connectivity index (χ0) is 11.8. The van der Waals surface area contributed by atoms with Gasteiger partial charge in [0.2, 0.25) is 0 Å². The highest BCUT2D eigenvalue weighted by molar-refractivity contribution is 4.70. The van der Waals surface area contributed by atoms with Crippen LogP contribution in [-0.4, -0.2) is 11.2 Å². The summed E-state index contributed by atoms with van der Waals surface area (Å²) in [5.41, 5.74) is 0. The SMILES string of the molecule is CCCC(C)CC(O)CC1CCCCCC1. The average Bonchev–Trinajstić information content (AvgIpc) is 2.46. The molecule has 2 unspecified atom stereocenters. The third-order valence-corrected chi connectivity index (χ3v) is 4.04. The van der Waals surface area contributed by atoms with Gasteiger partial charge < -0.3 is 5.11 Å². The Labute approximate surface area is 102 Å². The third kappa shape index (κ3) is 5.89. The predicted octanol–water partition coefficient (Wildman–Crippen LogP) is 4.53. The topological polar surface area (TPSA) is 20.2 Å². The minimum Gasteiger partial charge on any atom is -0.393 e. The summed E-state index contributed by atoms with van der Waals surface area (Å²) >= 11 is 0. The summed E-state index contributed by atoms with van der Waals surface area (Å²) in [6.07, 6.45) is 12.9. The van der Waals surface area contributed by atoms with Crippen LogP contribution in [0.4, 0.5) is 0 Å². The third-order valence-electron chi connectivity index (χ3n) is 4.04. The lowest BCUT2D eigenvalue weighted by molar-refractivity contribution is 0.111. The molecule has 0 aromatic heterocycles. The van der Waals surface area contributed by atoms with Gasteiger partial charge in [-0.25, -0.2) is 0 Å². The van der Waals surface area contributed by atoms with Crippen LogP contribution in [-0.2, 0) is 0 Å². The zero-order valence-corrected chi connectivity index (χ0v) is 11.3. The molecule has 1 saturated carbocycles. The van der Waals surface area contributed by atoms with Crippen LogP contribution in [0.25, 0.3) is 0 Å². The van der Waals surface area contributed by atoms with Crippen molar-refractivity contribution < 1.29 is 5.11 Å². The van der Waals surface area contributed by atoms with Gasteiger partial charge in [0.1, 0.15) is 0 Å². The molecule has 1 aliphatic carbocycles. The standard InChI is InChI=1S/C15H30O/c1-3-8-13(2)11-15(16)12-14-9-6-4-5-7-10-14/h13-16H,3-12H2,1-2H3. The molecule has 0 aromatic rings. The normalized spacial score (nSPS) is 22.7. The second kappa shape index (κ2) is 8.11. The highest BCUT2D eigenvalue weighted by atomic mass is 16.3. The quantitative estimate of drug-likeness (QED) is 0.660. The van der Waals surface area contributed by atoms with Gasteiger partial charge in [-0.15, -0.1) is 0 Å². The molecule has 0 saturated heterocycles. The fraction of sp³-hybridized carbons (Fsp3) is 1.00. The van der Waals surface area contributed by atoms with Gasteiger partial charge >= 0.3 is 0 Å². The molecule has 0 spiro atoms. The first-order chi connectivity index (χ1) is 7.72. The molecule has 1 rings (SSSR count). The Balaban J connectivity index is 2.18. The summed E-state index contributed by atoms with van der Waals surface area (Å²) in [6.45, 7) is 4.51. The molecule has 0 bridgehead atoms. The van der Waals surface area contributed by atoms with Crippen LogP contribution in [0, 0.1) is 11.8 Å². The molecule has 0 aromatic carbocycles. The van der Waals surface area contributed by atoms with E-state index in [1.165, 1.54) is 51.4 Å². The zero-order valence-electron chi connectivity index (χ0n) is 11.3. The monoisotopic (exact) mass is 226 g/mol. The van der Waals surface area contributed by atoms with Crippen LogP contribution in [0.15, 0.2) is 0 Å². The van der Waals surface area contributed by atoms with Crippen molar-refractivity contribution in [3.8, 4) is 0 Å². The summed E-state index contributed by atoms with van der Waals surface area (Å²) in [5, 5.41) is 10.1. The minimum absolute atomic E-state index is 0.0374. The molecule has 1 fully saturated rings. The lowest BCUT2D eigenvalue weighted by atomic mass is 9.89. The first-order valence-electron chi connectivity index (χ1n) is 7.40. The number of rotatable bonds is 6. The van der Waals surface area contributed by atoms with Crippen LogP contribution < -0.4 is 0 Å². The van der Waals surface area contributed by atoms with Crippen molar-refractivity contribution in [2.75, 3.05) is 0 Å². The summed E-state index contributed by atoms with van der Waals surface area (Å²) < 4.78 is 0. The van der Waals surface area contributed by atoms with Gasteiger partial charge in [0, 0.05) is 0 Å². The molecule has 96 valence electrons. The van der Waals surface area contributed by atoms with Crippen molar-refractivity contribution in [3.05, 3.63) is 0 Å². The Kier molecular flexibility index (Phi) is 7.11. The Morgan fingerprint density at radius 2 is 1.75 bits per heavy atom. The molecule has 1 aliphatic rings. The molecule has 0 radical (unpaired) electrons. The molecular formula is C15H30O. The van der Waals surface area contributed by atoms with E-state index in [1.807, 2.05) is 0 Å². The molecule has 0 aliphatic heterocycles. The number of hydrogen-bond acceptors (Lipinski definition) is 1. The molecule has 1 heteroatoms. The van der Waals surface area contributed by atoms with E-state index in [2.05, 4.69) is 13.8 Å². The number of hydrogen-bond donors (Lipinski definition) is 1. The van der Waals surface area contributed by atoms with Gasteiger partial charge in [0.05, 0.1) is 6.10 Å². The molecule has 0 heterocycles. The predicted molar refractivity (Wildman–Crippen MR) is 70.5 cm³/mol.